The van der Waals surface area contributed by atoms with Gasteiger partial charge < -0.3 is 5.32 Å². The minimum Gasteiger partial charge on any atom is -0.354 e. The molecule has 1 aliphatic rings. The van der Waals surface area contributed by atoms with E-state index in [1.165, 1.54) is 4.68 Å². The molecule has 2 aromatic carbocycles. The first-order valence-electron chi connectivity index (χ1n) is 10.3. The summed E-state index contributed by atoms with van der Waals surface area (Å²) in [6.07, 6.45) is 1.85. The molecule has 32 heavy (non-hydrogen) atoms. The number of carbonyl (C=O) groups excluding carboxylic acids is 1. The first-order valence-corrected chi connectivity index (χ1v) is 11.5. The highest BCUT2D eigenvalue weighted by Crippen LogP contribution is 2.37. The van der Waals surface area contributed by atoms with Crippen molar-refractivity contribution in [3.05, 3.63) is 73.6 Å². The van der Waals surface area contributed by atoms with E-state index in [1.807, 2.05) is 38.1 Å². The van der Waals surface area contributed by atoms with Gasteiger partial charge in [0, 0.05) is 28.6 Å². The van der Waals surface area contributed by atoms with E-state index in [-0.39, 0.29) is 24.2 Å². The lowest BCUT2D eigenvalue weighted by molar-refractivity contribution is -0.122. The standard InChI is InChI=1S/C23H23Cl3N4O2/c1-23(2,17-4-3-5-18(25)20(17)26)13-27-19(31)12-29-22(32)30(16-10-11-16)21(28-29)14-6-8-15(24)9-7-14/h3-9,16H,10-13H2,1-2H3,(H,27,31). The first kappa shape index (κ1) is 22.9. The molecule has 0 atom stereocenters. The molecule has 0 bridgehead atoms. The van der Waals surface area contributed by atoms with Gasteiger partial charge in [-0.25, -0.2) is 9.48 Å². The fraction of sp³-hybridized carbons (Fsp3) is 0.348. The molecule has 0 aliphatic heterocycles. The molecule has 1 aliphatic carbocycles. The lowest BCUT2D eigenvalue weighted by atomic mass is 9.84. The van der Waals surface area contributed by atoms with Crippen molar-refractivity contribution in [2.24, 2.45) is 0 Å². The van der Waals surface area contributed by atoms with Crippen molar-refractivity contribution in [2.75, 3.05) is 6.54 Å². The third kappa shape index (κ3) is 4.72. The fourth-order valence-electron chi connectivity index (χ4n) is 3.61. The molecule has 6 nitrogen and oxygen atoms in total. The van der Waals surface area contributed by atoms with E-state index in [1.54, 1.807) is 22.8 Å². The van der Waals surface area contributed by atoms with Gasteiger partial charge in [-0.3, -0.25) is 9.36 Å². The number of benzene rings is 2. The highest BCUT2D eigenvalue weighted by atomic mass is 35.5. The van der Waals surface area contributed by atoms with Crippen LogP contribution in [0.3, 0.4) is 0 Å². The Labute approximate surface area is 201 Å². The van der Waals surface area contributed by atoms with E-state index in [9.17, 15) is 9.59 Å². The van der Waals surface area contributed by atoms with E-state index in [0.717, 1.165) is 24.0 Å². The zero-order chi connectivity index (χ0) is 23.0. The molecular weight excluding hydrogens is 471 g/mol. The van der Waals surface area contributed by atoms with Crippen LogP contribution >= 0.6 is 34.8 Å². The molecule has 1 heterocycles. The third-order valence-electron chi connectivity index (χ3n) is 5.59. The van der Waals surface area contributed by atoms with Crippen LogP contribution in [-0.4, -0.2) is 26.8 Å². The number of aromatic nitrogens is 3. The summed E-state index contributed by atoms with van der Waals surface area (Å²) in [6.45, 7) is 4.10. The second-order valence-corrected chi connectivity index (χ2v) is 9.86. The summed E-state index contributed by atoms with van der Waals surface area (Å²) in [5.74, 6) is 0.245. The molecule has 1 aromatic heterocycles. The molecule has 1 N–H and O–H groups in total. The van der Waals surface area contributed by atoms with Gasteiger partial charge in [0.15, 0.2) is 5.82 Å². The minimum absolute atomic E-state index is 0.119. The molecular formula is C23H23Cl3N4O2. The number of nitrogens with zero attached hydrogens (tertiary/aromatic N) is 3. The molecule has 1 fully saturated rings. The van der Waals surface area contributed by atoms with Crippen LogP contribution in [0.2, 0.25) is 15.1 Å². The maximum atomic E-state index is 13.0. The third-order valence-corrected chi connectivity index (χ3v) is 6.66. The quantitative estimate of drug-likeness (QED) is 0.498. The van der Waals surface area contributed by atoms with Gasteiger partial charge in [-0.15, -0.1) is 5.10 Å². The van der Waals surface area contributed by atoms with Crippen molar-refractivity contribution in [3.8, 4) is 11.4 Å². The number of hydrogen-bond donors (Lipinski definition) is 1. The topological polar surface area (TPSA) is 68.9 Å². The van der Waals surface area contributed by atoms with Crippen molar-refractivity contribution >= 4 is 40.7 Å². The fourth-order valence-corrected chi connectivity index (χ4v) is 4.30. The number of halogens is 3. The summed E-state index contributed by atoms with van der Waals surface area (Å²) in [4.78, 5) is 25.7. The second kappa shape index (κ2) is 8.93. The van der Waals surface area contributed by atoms with Crippen LogP contribution in [0.1, 0.15) is 38.3 Å². The van der Waals surface area contributed by atoms with Crippen molar-refractivity contribution in [1.82, 2.24) is 19.7 Å². The van der Waals surface area contributed by atoms with Crippen LogP contribution in [-0.2, 0) is 16.8 Å². The van der Waals surface area contributed by atoms with E-state index in [2.05, 4.69) is 10.4 Å². The summed E-state index contributed by atoms with van der Waals surface area (Å²) in [7, 11) is 0. The number of nitrogens with one attached hydrogen (secondary N) is 1. The summed E-state index contributed by atoms with van der Waals surface area (Å²) >= 11 is 18.5. The lowest BCUT2D eigenvalue weighted by Crippen LogP contribution is -2.40. The maximum Gasteiger partial charge on any atom is 0.346 e. The number of amides is 1. The number of hydrogen-bond acceptors (Lipinski definition) is 3. The van der Waals surface area contributed by atoms with Crippen molar-refractivity contribution in [3.63, 3.8) is 0 Å². The molecule has 9 heteroatoms. The van der Waals surface area contributed by atoms with Crippen LogP contribution in [0.5, 0.6) is 0 Å². The number of carbonyl (C=O) groups is 1. The Hall–Kier alpha value is -2.28. The molecule has 1 amide bonds. The van der Waals surface area contributed by atoms with Gasteiger partial charge in [-0.05, 0) is 48.7 Å². The smallest absolute Gasteiger partial charge is 0.346 e. The van der Waals surface area contributed by atoms with Crippen LogP contribution in [0.15, 0.2) is 47.3 Å². The van der Waals surface area contributed by atoms with Gasteiger partial charge in [0.2, 0.25) is 5.91 Å². The zero-order valence-corrected chi connectivity index (χ0v) is 20.0. The van der Waals surface area contributed by atoms with E-state index >= 15 is 0 Å². The average Bonchev–Trinajstić information content (AvgIpc) is 3.53. The van der Waals surface area contributed by atoms with Crippen LogP contribution in [0.4, 0.5) is 0 Å². The SMILES string of the molecule is CC(C)(CNC(=O)Cn1nc(-c2ccc(Cl)cc2)n(C2CC2)c1=O)c1cccc(Cl)c1Cl. The molecule has 1 saturated carbocycles. The Kier molecular flexibility index (Phi) is 6.39. The van der Waals surface area contributed by atoms with Gasteiger partial charge in [0.1, 0.15) is 6.54 Å². The van der Waals surface area contributed by atoms with Crippen molar-refractivity contribution in [2.45, 2.75) is 44.7 Å². The summed E-state index contributed by atoms with van der Waals surface area (Å²) in [5.41, 5.74) is 0.885. The van der Waals surface area contributed by atoms with Gasteiger partial charge in [-0.2, -0.15) is 0 Å². The lowest BCUT2D eigenvalue weighted by Gasteiger charge is -2.27. The molecule has 168 valence electrons. The molecule has 3 aromatic rings. The van der Waals surface area contributed by atoms with Gasteiger partial charge in [0.25, 0.3) is 0 Å². The van der Waals surface area contributed by atoms with Crippen molar-refractivity contribution in [1.29, 1.82) is 0 Å². The zero-order valence-electron chi connectivity index (χ0n) is 17.7. The Bertz CT molecular complexity index is 1210. The summed E-state index contributed by atoms with van der Waals surface area (Å²) < 4.78 is 2.89. The predicted molar refractivity (Wildman–Crippen MR) is 128 cm³/mol. The number of rotatable bonds is 7. The molecule has 4 rings (SSSR count). The summed E-state index contributed by atoms with van der Waals surface area (Å²) in [5, 5.41) is 8.91. The average molecular weight is 494 g/mol. The Balaban J connectivity index is 1.51. The van der Waals surface area contributed by atoms with Gasteiger partial charge in [-0.1, -0.05) is 60.8 Å². The van der Waals surface area contributed by atoms with Crippen LogP contribution in [0, 0.1) is 0 Å². The van der Waals surface area contributed by atoms with Crippen LogP contribution in [0.25, 0.3) is 11.4 Å². The normalized spacial score (nSPS) is 13.9. The van der Waals surface area contributed by atoms with Crippen molar-refractivity contribution < 1.29 is 4.79 Å². The van der Waals surface area contributed by atoms with E-state index in [0.29, 0.717) is 27.4 Å². The van der Waals surface area contributed by atoms with Crippen LogP contribution < -0.4 is 11.0 Å². The molecule has 0 saturated heterocycles. The first-order chi connectivity index (χ1) is 15.2. The molecule has 0 radical (unpaired) electrons. The highest BCUT2D eigenvalue weighted by molar-refractivity contribution is 6.42. The minimum atomic E-state index is -0.454. The second-order valence-electron chi connectivity index (χ2n) is 8.63. The summed E-state index contributed by atoms with van der Waals surface area (Å²) in [6, 6.07) is 12.7. The molecule has 0 unspecified atom stereocenters. The van der Waals surface area contributed by atoms with Gasteiger partial charge in [0.05, 0.1) is 10.0 Å². The largest absolute Gasteiger partial charge is 0.354 e. The monoisotopic (exact) mass is 492 g/mol. The molecule has 0 spiro atoms. The predicted octanol–water partition coefficient (Wildman–Crippen LogP) is 5.10. The Morgan fingerprint density at radius 2 is 1.81 bits per heavy atom. The Morgan fingerprint density at radius 1 is 1.12 bits per heavy atom. The highest BCUT2D eigenvalue weighted by Gasteiger charge is 2.31. The van der Waals surface area contributed by atoms with Gasteiger partial charge >= 0.3 is 5.69 Å². The maximum absolute atomic E-state index is 13.0. The van der Waals surface area contributed by atoms with E-state index in [4.69, 9.17) is 34.8 Å². The van der Waals surface area contributed by atoms with E-state index < -0.39 is 5.41 Å². The Morgan fingerprint density at radius 3 is 2.47 bits per heavy atom.